The third-order valence-corrected chi connectivity index (χ3v) is 3.63. The van der Waals surface area contributed by atoms with Crippen LogP contribution in [0.3, 0.4) is 0 Å². The van der Waals surface area contributed by atoms with E-state index in [1.54, 1.807) is 0 Å². The summed E-state index contributed by atoms with van der Waals surface area (Å²) in [6.45, 7) is 6.11. The normalized spacial score (nSPS) is 12.6. The Bertz CT molecular complexity index is 490. The van der Waals surface area contributed by atoms with Gasteiger partial charge in [-0.15, -0.1) is 0 Å². The van der Waals surface area contributed by atoms with E-state index in [1.165, 1.54) is 11.3 Å². The van der Waals surface area contributed by atoms with Crippen molar-refractivity contribution >= 4 is 15.9 Å². The van der Waals surface area contributed by atoms with Crippen molar-refractivity contribution in [3.05, 3.63) is 52.5 Å². The predicted octanol–water partition coefficient (Wildman–Crippen LogP) is 3.52. The van der Waals surface area contributed by atoms with Gasteiger partial charge in [0.2, 0.25) is 0 Å². The molecule has 0 saturated heterocycles. The predicted molar refractivity (Wildman–Crippen MR) is 77.3 cm³/mol. The molecular formula is C14H18BrN3. The first-order valence-corrected chi connectivity index (χ1v) is 6.98. The number of hydrogen-bond acceptors (Lipinski definition) is 2. The van der Waals surface area contributed by atoms with Gasteiger partial charge >= 0.3 is 0 Å². The summed E-state index contributed by atoms with van der Waals surface area (Å²) in [7, 11) is 0. The van der Waals surface area contributed by atoms with E-state index in [9.17, 15) is 0 Å². The number of benzene rings is 1. The number of aromatic nitrogens is 2. The number of hydrogen-bond donors (Lipinski definition) is 1. The monoisotopic (exact) mass is 307 g/mol. The van der Waals surface area contributed by atoms with Crippen molar-refractivity contribution in [1.82, 2.24) is 14.9 Å². The maximum atomic E-state index is 4.17. The molecule has 0 radical (unpaired) electrons. The minimum absolute atomic E-state index is 0.332. The first-order valence-electron chi connectivity index (χ1n) is 6.18. The Morgan fingerprint density at radius 1 is 1.33 bits per heavy atom. The van der Waals surface area contributed by atoms with Crippen LogP contribution >= 0.6 is 15.9 Å². The average Bonchev–Trinajstić information content (AvgIpc) is 2.84. The molecule has 18 heavy (non-hydrogen) atoms. The van der Waals surface area contributed by atoms with E-state index in [0.717, 1.165) is 17.6 Å². The van der Waals surface area contributed by atoms with Crippen LogP contribution < -0.4 is 5.32 Å². The number of imidazole rings is 1. The van der Waals surface area contributed by atoms with Crippen molar-refractivity contribution < 1.29 is 0 Å². The van der Waals surface area contributed by atoms with Crippen molar-refractivity contribution in [2.24, 2.45) is 0 Å². The molecule has 1 aromatic carbocycles. The molecule has 0 aliphatic heterocycles. The van der Waals surface area contributed by atoms with E-state index >= 15 is 0 Å². The summed E-state index contributed by atoms with van der Waals surface area (Å²) in [6, 6.07) is 8.75. The molecule has 3 nitrogen and oxygen atoms in total. The molecule has 4 heteroatoms. The highest BCUT2D eigenvalue weighted by molar-refractivity contribution is 9.10. The Morgan fingerprint density at radius 2 is 2.06 bits per heavy atom. The molecule has 0 aliphatic rings. The summed E-state index contributed by atoms with van der Waals surface area (Å²) in [5.74, 6) is 0. The Hall–Kier alpha value is -1.13. The summed E-state index contributed by atoms with van der Waals surface area (Å²) in [5.41, 5.74) is 2.52. The summed E-state index contributed by atoms with van der Waals surface area (Å²) in [6.07, 6.45) is 3.80. The van der Waals surface area contributed by atoms with E-state index in [4.69, 9.17) is 0 Å². The SMILES string of the molecule is CCn1cncc1CN[C@H](C)c1ccc(Br)cc1. The first kappa shape index (κ1) is 13.3. The third kappa shape index (κ3) is 3.21. The molecule has 1 aromatic heterocycles. The smallest absolute Gasteiger partial charge is 0.0948 e. The van der Waals surface area contributed by atoms with Gasteiger partial charge in [0, 0.05) is 29.8 Å². The maximum Gasteiger partial charge on any atom is 0.0948 e. The van der Waals surface area contributed by atoms with Gasteiger partial charge in [0.25, 0.3) is 0 Å². The van der Waals surface area contributed by atoms with Crippen molar-refractivity contribution in [2.75, 3.05) is 0 Å². The highest BCUT2D eigenvalue weighted by atomic mass is 79.9. The van der Waals surface area contributed by atoms with Gasteiger partial charge in [-0.25, -0.2) is 4.98 Å². The van der Waals surface area contributed by atoms with Gasteiger partial charge in [0.05, 0.1) is 12.0 Å². The maximum absolute atomic E-state index is 4.17. The highest BCUT2D eigenvalue weighted by Crippen LogP contribution is 2.16. The molecule has 2 aromatic rings. The molecule has 0 spiro atoms. The Morgan fingerprint density at radius 3 is 2.72 bits per heavy atom. The fraction of sp³-hybridized carbons (Fsp3) is 0.357. The van der Waals surface area contributed by atoms with Crippen LogP contribution in [0.1, 0.15) is 31.1 Å². The quantitative estimate of drug-likeness (QED) is 0.916. The number of nitrogens with one attached hydrogen (secondary N) is 1. The second kappa shape index (κ2) is 6.16. The van der Waals surface area contributed by atoms with Gasteiger partial charge in [-0.1, -0.05) is 28.1 Å². The molecule has 96 valence electrons. The molecule has 1 N–H and O–H groups in total. The molecule has 2 rings (SSSR count). The zero-order valence-corrected chi connectivity index (χ0v) is 12.3. The lowest BCUT2D eigenvalue weighted by Crippen LogP contribution is -2.19. The van der Waals surface area contributed by atoms with E-state index < -0.39 is 0 Å². The van der Waals surface area contributed by atoms with E-state index in [0.29, 0.717) is 6.04 Å². The molecule has 0 bridgehead atoms. The van der Waals surface area contributed by atoms with Crippen molar-refractivity contribution in [3.8, 4) is 0 Å². The molecule has 0 amide bonds. The van der Waals surface area contributed by atoms with Crippen molar-refractivity contribution in [1.29, 1.82) is 0 Å². The molecule has 1 atom stereocenters. The molecular weight excluding hydrogens is 290 g/mol. The van der Waals surface area contributed by atoms with Crippen molar-refractivity contribution in [2.45, 2.75) is 33.0 Å². The summed E-state index contributed by atoms with van der Waals surface area (Å²) in [4.78, 5) is 4.17. The van der Waals surface area contributed by atoms with E-state index in [1.807, 2.05) is 12.5 Å². The number of aryl methyl sites for hydroxylation is 1. The fourth-order valence-corrected chi connectivity index (χ4v) is 2.17. The van der Waals surface area contributed by atoms with Gasteiger partial charge in [0.15, 0.2) is 0 Å². The van der Waals surface area contributed by atoms with Gasteiger partial charge in [0.1, 0.15) is 0 Å². The molecule has 0 unspecified atom stereocenters. The zero-order valence-electron chi connectivity index (χ0n) is 10.7. The fourth-order valence-electron chi connectivity index (χ4n) is 1.91. The van der Waals surface area contributed by atoms with Crippen LogP contribution in [0.15, 0.2) is 41.3 Å². The topological polar surface area (TPSA) is 29.9 Å². The molecule has 0 saturated carbocycles. The van der Waals surface area contributed by atoms with E-state index in [2.05, 4.69) is 68.9 Å². The van der Waals surface area contributed by atoms with Gasteiger partial charge < -0.3 is 9.88 Å². The minimum atomic E-state index is 0.332. The van der Waals surface area contributed by atoms with Crippen LogP contribution in [0.5, 0.6) is 0 Å². The second-order valence-corrected chi connectivity index (χ2v) is 5.24. The van der Waals surface area contributed by atoms with Crippen LogP contribution in [0, 0.1) is 0 Å². The molecule has 0 fully saturated rings. The largest absolute Gasteiger partial charge is 0.334 e. The lowest BCUT2D eigenvalue weighted by Gasteiger charge is -2.15. The van der Waals surface area contributed by atoms with Crippen molar-refractivity contribution in [3.63, 3.8) is 0 Å². The molecule has 0 aliphatic carbocycles. The highest BCUT2D eigenvalue weighted by Gasteiger charge is 2.06. The minimum Gasteiger partial charge on any atom is -0.334 e. The van der Waals surface area contributed by atoms with E-state index in [-0.39, 0.29) is 0 Å². The van der Waals surface area contributed by atoms with Gasteiger partial charge in [-0.2, -0.15) is 0 Å². The van der Waals surface area contributed by atoms with Crippen LogP contribution in [-0.2, 0) is 13.1 Å². The van der Waals surface area contributed by atoms with Crippen LogP contribution in [0.25, 0.3) is 0 Å². The standard InChI is InChI=1S/C14H18BrN3/c1-3-18-10-16-8-14(18)9-17-11(2)12-4-6-13(15)7-5-12/h4-8,10-11,17H,3,9H2,1-2H3/t11-/m1/s1. The molecule has 1 heterocycles. The Labute approximate surface area is 116 Å². The third-order valence-electron chi connectivity index (χ3n) is 3.10. The Balaban J connectivity index is 1.96. The summed E-state index contributed by atoms with van der Waals surface area (Å²) in [5, 5.41) is 3.52. The Kier molecular flexibility index (Phi) is 4.55. The number of halogens is 1. The van der Waals surface area contributed by atoms with Gasteiger partial charge in [-0.3, -0.25) is 0 Å². The summed E-state index contributed by atoms with van der Waals surface area (Å²) < 4.78 is 3.27. The number of rotatable bonds is 5. The van der Waals surface area contributed by atoms with Gasteiger partial charge in [-0.05, 0) is 31.5 Å². The average molecular weight is 308 g/mol. The van der Waals surface area contributed by atoms with Crippen LogP contribution in [-0.4, -0.2) is 9.55 Å². The zero-order chi connectivity index (χ0) is 13.0. The van der Waals surface area contributed by atoms with Crippen LogP contribution in [0.4, 0.5) is 0 Å². The first-order chi connectivity index (χ1) is 8.70. The summed E-state index contributed by atoms with van der Waals surface area (Å²) >= 11 is 3.45. The number of nitrogens with zero attached hydrogens (tertiary/aromatic N) is 2. The lowest BCUT2D eigenvalue weighted by atomic mass is 10.1. The second-order valence-electron chi connectivity index (χ2n) is 4.33. The van der Waals surface area contributed by atoms with Crippen LogP contribution in [0.2, 0.25) is 0 Å². The lowest BCUT2D eigenvalue weighted by molar-refractivity contribution is 0.549.